The minimum Gasteiger partial charge on any atom is -0.491 e. The van der Waals surface area contributed by atoms with Gasteiger partial charge in [0.2, 0.25) is 5.91 Å². The number of hydrogen-bond donors (Lipinski definition) is 2. The lowest BCUT2D eigenvalue weighted by Gasteiger charge is -2.13. The van der Waals surface area contributed by atoms with Crippen LogP contribution in [0.4, 0.5) is 11.4 Å². The van der Waals surface area contributed by atoms with Crippen molar-refractivity contribution in [2.45, 2.75) is 32.8 Å². The smallest absolute Gasteiger partial charge is 0.243 e. The Morgan fingerprint density at radius 1 is 1.23 bits per heavy atom. The Kier molecular flexibility index (Phi) is 6.12. The highest BCUT2D eigenvalue weighted by Gasteiger charge is 2.16. The molecule has 0 bridgehead atoms. The average molecular weight is 354 g/mol. The van der Waals surface area contributed by atoms with Gasteiger partial charge in [-0.1, -0.05) is 23.8 Å². The molecule has 1 saturated heterocycles. The Balaban J connectivity index is 1.49. The van der Waals surface area contributed by atoms with Crippen LogP contribution in [0.25, 0.3) is 0 Å². The summed E-state index contributed by atoms with van der Waals surface area (Å²) in [5, 5.41) is 6.08. The van der Waals surface area contributed by atoms with Gasteiger partial charge in [-0.2, -0.15) is 0 Å². The van der Waals surface area contributed by atoms with Crippen molar-refractivity contribution < 1.29 is 14.3 Å². The fraction of sp³-hybridized carbons (Fsp3) is 0.381. The van der Waals surface area contributed by atoms with Gasteiger partial charge < -0.3 is 20.1 Å². The summed E-state index contributed by atoms with van der Waals surface area (Å²) >= 11 is 0. The summed E-state index contributed by atoms with van der Waals surface area (Å²) in [5.41, 5.74) is 3.93. The second kappa shape index (κ2) is 8.72. The van der Waals surface area contributed by atoms with E-state index in [9.17, 15) is 4.79 Å². The average Bonchev–Trinajstić information content (AvgIpc) is 3.15. The zero-order valence-electron chi connectivity index (χ0n) is 15.4. The van der Waals surface area contributed by atoms with E-state index >= 15 is 0 Å². The number of amides is 1. The third-order valence-electron chi connectivity index (χ3n) is 4.40. The lowest BCUT2D eigenvalue weighted by Crippen LogP contribution is -2.22. The molecule has 0 aromatic heterocycles. The van der Waals surface area contributed by atoms with E-state index in [0.29, 0.717) is 6.61 Å². The molecule has 1 fully saturated rings. The van der Waals surface area contributed by atoms with Crippen molar-refractivity contribution >= 4 is 17.3 Å². The molecule has 2 N–H and O–H groups in total. The number of nitrogens with one attached hydrogen (secondary N) is 2. The summed E-state index contributed by atoms with van der Waals surface area (Å²) in [6.07, 6.45) is 2.34. The summed E-state index contributed by atoms with van der Waals surface area (Å²) < 4.78 is 11.4. The highest BCUT2D eigenvalue weighted by Crippen LogP contribution is 2.20. The third-order valence-corrected chi connectivity index (χ3v) is 4.40. The minimum atomic E-state index is -0.0809. The maximum atomic E-state index is 12.2. The lowest BCUT2D eigenvalue weighted by atomic mass is 10.1. The molecule has 1 aliphatic rings. The monoisotopic (exact) mass is 354 g/mol. The fourth-order valence-corrected chi connectivity index (χ4v) is 2.99. The molecule has 2 aromatic rings. The van der Waals surface area contributed by atoms with Crippen LogP contribution >= 0.6 is 0 Å². The van der Waals surface area contributed by atoms with Gasteiger partial charge >= 0.3 is 0 Å². The van der Waals surface area contributed by atoms with Crippen molar-refractivity contribution in [2.75, 3.05) is 30.4 Å². The van der Waals surface area contributed by atoms with Crippen LogP contribution in [0.5, 0.6) is 5.75 Å². The number of anilines is 2. The van der Waals surface area contributed by atoms with Crippen molar-refractivity contribution in [3.05, 3.63) is 53.6 Å². The zero-order chi connectivity index (χ0) is 18.4. The van der Waals surface area contributed by atoms with Gasteiger partial charge in [-0.05, 0) is 50.5 Å². The Morgan fingerprint density at radius 3 is 2.88 bits per heavy atom. The van der Waals surface area contributed by atoms with Crippen LogP contribution in [0, 0.1) is 13.8 Å². The van der Waals surface area contributed by atoms with Gasteiger partial charge in [0.05, 0.1) is 12.6 Å². The molecule has 2 aromatic carbocycles. The van der Waals surface area contributed by atoms with Gasteiger partial charge in [-0.25, -0.2) is 0 Å². The van der Waals surface area contributed by atoms with E-state index in [-0.39, 0.29) is 18.6 Å². The maximum Gasteiger partial charge on any atom is 0.243 e. The first-order valence-corrected chi connectivity index (χ1v) is 9.05. The van der Waals surface area contributed by atoms with Crippen molar-refractivity contribution in [2.24, 2.45) is 0 Å². The molecule has 0 saturated carbocycles. The largest absolute Gasteiger partial charge is 0.491 e. The number of ether oxygens (including phenoxy) is 2. The highest BCUT2D eigenvalue weighted by atomic mass is 16.5. The molecular formula is C21H26N2O3. The molecule has 1 aliphatic heterocycles. The molecule has 1 amide bonds. The summed E-state index contributed by atoms with van der Waals surface area (Å²) in [5.74, 6) is 0.697. The van der Waals surface area contributed by atoms with Gasteiger partial charge in [0.1, 0.15) is 12.4 Å². The molecular weight excluding hydrogens is 328 g/mol. The number of hydrogen-bond acceptors (Lipinski definition) is 4. The normalized spacial score (nSPS) is 16.3. The molecule has 1 unspecified atom stereocenters. The van der Waals surface area contributed by atoms with E-state index in [1.165, 1.54) is 5.56 Å². The predicted molar refractivity (Wildman–Crippen MR) is 104 cm³/mol. The van der Waals surface area contributed by atoms with Crippen molar-refractivity contribution in [3.63, 3.8) is 0 Å². The van der Waals surface area contributed by atoms with E-state index < -0.39 is 0 Å². The summed E-state index contributed by atoms with van der Waals surface area (Å²) in [4.78, 5) is 12.2. The molecule has 0 spiro atoms. The van der Waals surface area contributed by atoms with E-state index in [0.717, 1.165) is 42.1 Å². The number of rotatable bonds is 7. The topological polar surface area (TPSA) is 59.6 Å². The van der Waals surface area contributed by atoms with E-state index in [1.54, 1.807) is 0 Å². The van der Waals surface area contributed by atoms with Crippen LogP contribution in [-0.4, -0.2) is 31.8 Å². The van der Waals surface area contributed by atoms with Gasteiger partial charge in [-0.15, -0.1) is 0 Å². The van der Waals surface area contributed by atoms with Crippen LogP contribution in [-0.2, 0) is 9.53 Å². The van der Waals surface area contributed by atoms with Crippen LogP contribution in [0.1, 0.15) is 24.0 Å². The Hall–Kier alpha value is -2.53. The molecule has 1 heterocycles. The third kappa shape index (κ3) is 5.23. The lowest BCUT2D eigenvalue weighted by molar-refractivity contribution is -0.114. The van der Waals surface area contributed by atoms with Gasteiger partial charge in [-0.3, -0.25) is 4.79 Å². The first kappa shape index (κ1) is 18.3. The van der Waals surface area contributed by atoms with Crippen molar-refractivity contribution in [3.8, 4) is 5.75 Å². The van der Waals surface area contributed by atoms with E-state index in [2.05, 4.69) is 16.7 Å². The molecule has 0 aliphatic carbocycles. The number of carbonyl (C=O) groups is 1. The van der Waals surface area contributed by atoms with Crippen LogP contribution < -0.4 is 15.4 Å². The van der Waals surface area contributed by atoms with Crippen molar-refractivity contribution in [1.29, 1.82) is 0 Å². The second-order valence-electron chi connectivity index (χ2n) is 6.69. The van der Waals surface area contributed by atoms with Crippen molar-refractivity contribution in [1.82, 2.24) is 0 Å². The molecule has 1 atom stereocenters. The second-order valence-corrected chi connectivity index (χ2v) is 6.69. The van der Waals surface area contributed by atoms with Gasteiger partial charge in [0.15, 0.2) is 0 Å². The summed E-state index contributed by atoms with van der Waals surface area (Å²) in [7, 11) is 0. The Labute approximate surface area is 154 Å². The van der Waals surface area contributed by atoms with Gasteiger partial charge in [0, 0.05) is 24.0 Å². The number of carbonyl (C=O) groups excluding carboxylic acids is 1. The first-order valence-electron chi connectivity index (χ1n) is 9.05. The molecule has 5 nitrogen and oxygen atoms in total. The summed E-state index contributed by atoms with van der Waals surface area (Å²) in [6, 6.07) is 13.6. The minimum absolute atomic E-state index is 0.0809. The molecule has 0 radical (unpaired) electrons. The maximum absolute atomic E-state index is 12.2. The van der Waals surface area contributed by atoms with Crippen LogP contribution in [0.15, 0.2) is 42.5 Å². The zero-order valence-corrected chi connectivity index (χ0v) is 15.4. The van der Waals surface area contributed by atoms with Crippen LogP contribution in [0.3, 0.4) is 0 Å². The highest BCUT2D eigenvalue weighted by molar-refractivity contribution is 5.94. The van der Waals surface area contributed by atoms with E-state index in [1.807, 2.05) is 50.2 Å². The van der Waals surface area contributed by atoms with E-state index in [4.69, 9.17) is 9.47 Å². The summed E-state index contributed by atoms with van der Waals surface area (Å²) in [6.45, 7) is 5.61. The first-order chi connectivity index (χ1) is 12.6. The van der Waals surface area contributed by atoms with Crippen LogP contribution in [0.2, 0.25) is 0 Å². The Bertz CT molecular complexity index is 755. The number of benzene rings is 2. The SMILES string of the molecule is Cc1ccc(NC(=O)CNc2cccc(OCC3CCCO3)c2)c(C)c1. The molecule has 138 valence electrons. The predicted octanol–water partition coefficient (Wildman–Crippen LogP) is 3.91. The standard InChI is InChI=1S/C21H26N2O3/c1-15-8-9-20(16(2)11-15)23-21(24)13-22-17-5-3-6-18(12-17)26-14-19-7-4-10-25-19/h3,5-6,8-9,11-12,19,22H,4,7,10,13-14H2,1-2H3,(H,23,24). The molecule has 5 heteroatoms. The fourth-order valence-electron chi connectivity index (χ4n) is 2.99. The quantitative estimate of drug-likeness (QED) is 0.791. The van der Waals surface area contributed by atoms with Gasteiger partial charge in [0.25, 0.3) is 0 Å². The molecule has 26 heavy (non-hydrogen) atoms. The Morgan fingerprint density at radius 2 is 2.12 bits per heavy atom. The molecule has 3 rings (SSSR count). The number of aryl methyl sites for hydroxylation is 2.